The highest BCUT2D eigenvalue weighted by Crippen LogP contribution is 2.37. The van der Waals surface area contributed by atoms with E-state index in [0.29, 0.717) is 17.0 Å². The maximum Gasteiger partial charge on any atom is 0.416 e. The number of aromatic nitrogens is 2. The fourth-order valence-electron chi connectivity index (χ4n) is 2.82. The first-order valence-corrected chi connectivity index (χ1v) is 9.11. The van der Waals surface area contributed by atoms with Crippen LogP contribution in [0.15, 0.2) is 47.3 Å². The van der Waals surface area contributed by atoms with Gasteiger partial charge in [-0.05, 0) is 13.0 Å². The number of nitrogens with zero attached hydrogens (tertiary/aromatic N) is 3. The first kappa shape index (κ1) is 20.1. The minimum Gasteiger partial charge on any atom is -0.417 e. The van der Waals surface area contributed by atoms with E-state index in [2.05, 4.69) is 9.97 Å². The number of halogens is 1. The van der Waals surface area contributed by atoms with Gasteiger partial charge in [0.05, 0.1) is 30.7 Å². The molecule has 0 radical (unpaired) electrons. The van der Waals surface area contributed by atoms with Gasteiger partial charge in [-0.25, -0.2) is 9.18 Å². The van der Waals surface area contributed by atoms with Gasteiger partial charge in [0.2, 0.25) is 0 Å². The van der Waals surface area contributed by atoms with Gasteiger partial charge < -0.3 is 19.6 Å². The summed E-state index contributed by atoms with van der Waals surface area (Å²) in [6, 6.07) is 5.76. The van der Waals surface area contributed by atoms with Gasteiger partial charge in [0, 0.05) is 11.6 Å². The molecule has 0 bridgehead atoms. The lowest BCUT2D eigenvalue weighted by Gasteiger charge is -2.33. The molecule has 29 heavy (non-hydrogen) atoms. The van der Waals surface area contributed by atoms with Crippen LogP contribution in [-0.2, 0) is 6.54 Å². The minimum atomic E-state index is -0.619. The highest BCUT2D eigenvalue weighted by atomic mass is 19.1. The maximum atomic E-state index is 14.2. The lowest BCUT2D eigenvalue weighted by molar-refractivity contribution is 0.114. The number of hydrogen-bond acceptors (Lipinski definition) is 7. The highest BCUT2D eigenvalue weighted by Gasteiger charge is 2.33. The molecule has 152 valence electrons. The summed E-state index contributed by atoms with van der Waals surface area (Å²) in [5, 5.41) is 0. The number of oxazole rings is 1. The van der Waals surface area contributed by atoms with Crippen LogP contribution in [0.3, 0.4) is 0 Å². The zero-order chi connectivity index (χ0) is 21.0. The van der Waals surface area contributed by atoms with Crippen molar-refractivity contribution in [2.24, 2.45) is 0 Å². The molecule has 0 saturated carbocycles. The second-order valence-corrected chi connectivity index (χ2v) is 5.95. The van der Waals surface area contributed by atoms with Crippen LogP contribution in [-0.4, -0.2) is 21.0 Å². The lowest BCUT2D eigenvalue weighted by Crippen LogP contribution is -2.39. The second kappa shape index (κ2) is 8.59. The molecule has 3 aromatic rings. The van der Waals surface area contributed by atoms with E-state index in [4.69, 9.17) is 19.6 Å². The molecule has 0 fully saturated rings. The van der Waals surface area contributed by atoms with Crippen LogP contribution in [0.25, 0.3) is 0 Å². The van der Waals surface area contributed by atoms with Crippen molar-refractivity contribution < 1.29 is 23.1 Å². The number of amides is 1. The molecule has 8 nitrogen and oxygen atoms in total. The van der Waals surface area contributed by atoms with Crippen LogP contribution < -0.4 is 15.2 Å². The van der Waals surface area contributed by atoms with Crippen LogP contribution in [0.5, 0.6) is 17.6 Å². The van der Waals surface area contributed by atoms with Crippen LogP contribution in [0.1, 0.15) is 38.1 Å². The third-order valence-electron chi connectivity index (χ3n) is 4.22. The van der Waals surface area contributed by atoms with E-state index in [1.807, 2.05) is 13.8 Å². The Morgan fingerprint density at radius 3 is 2.83 bits per heavy atom. The highest BCUT2D eigenvalue weighted by molar-refractivity contribution is 5.74. The van der Waals surface area contributed by atoms with Crippen molar-refractivity contribution in [1.29, 1.82) is 0 Å². The monoisotopic (exact) mass is 400 g/mol. The van der Waals surface area contributed by atoms with Crippen LogP contribution in [0, 0.1) is 5.82 Å². The van der Waals surface area contributed by atoms with E-state index in [-0.39, 0.29) is 24.1 Å². The Hall–Kier alpha value is -3.62. The number of benzene rings is 1. The van der Waals surface area contributed by atoms with Crippen LogP contribution in [0.2, 0.25) is 0 Å². The fraction of sp³-hybridized carbons (Fsp3) is 0.250. The number of ether oxygens (including phenoxy) is 2. The largest absolute Gasteiger partial charge is 0.417 e. The third-order valence-corrected chi connectivity index (χ3v) is 4.22. The summed E-state index contributed by atoms with van der Waals surface area (Å²) in [6.07, 6.45) is 3.71. The summed E-state index contributed by atoms with van der Waals surface area (Å²) in [6.45, 7) is 5.79. The molecule has 0 unspecified atom stereocenters. The van der Waals surface area contributed by atoms with Gasteiger partial charge in [-0.2, -0.15) is 4.98 Å². The topological polar surface area (TPSA) is 104 Å². The maximum absolute atomic E-state index is 14.2. The molecule has 1 amide bonds. The van der Waals surface area contributed by atoms with Crippen LogP contribution in [0.4, 0.5) is 14.9 Å². The van der Waals surface area contributed by atoms with E-state index in [9.17, 15) is 9.18 Å². The van der Waals surface area contributed by atoms with E-state index in [1.54, 1.807) is 19.1 Å². The van der Waals surface area contributed by atoms with Gasteiger partial charge in [-0.3, -0.25) is 9.88 Å². The molecule has 1 aromatic carbocycles. The third kappa shape index (κ3) is 4.13. The molecule has 1 aliphatic heterocycles. The Morgan fingerprint density at radius 1 is 1.31 bits per heavy atom. The van der Waals surface area contributed by atoms with Gasteiger partial charge in [0.25, 0.3) is 0 Å². The SMILES string of the molecule is CC.C[C@@H]1c2ncc(Oc3ncco3)cc2OC(=O)N1Cc1cccc(N)c1F. The predicted octanol–water partition coefficient (Wildman–Crippen LogP) is 4.69. The number of hydrogen-bond donors (Lipinski definition) is 1. The van der Waals surface area contributed by atoms with E-state index in [1.165, 1.54) is 35.7 Å². The number of carbonyl (C=O) groups is 1. The zero-order valence-electron chi connectivity index (χ0n) is 16.3. The van der Waals surface area contributed by atoms with Gasteiger partial charge in [-0.1, -0.05) is 26.0 Å². The molecule has 4 rings (SSSR count). The Morgan fingerprint density at radius 2 is 2.10 bits per heavy atom. The summed E-state index contributed by atoms with van der Waals surface area (Å²) in [5.41, 5.74) is 6.44. The summed E-state index contributed by atoms with van der Waals surface area (Å²) < 4.78 is 29.9. The molecule has 1 aliphatic rings. The molecule has 9 heteroatoms. The van der Waals surface area contributed by atoms with Crippen molar-refractivity contribution in [3.05, 3.63) is 60.0 Å². The predicted molar refractivity (Wildman–Crippen MR) is 103 cm³/mol. The van der Waals surface area contributed by atoms with Crippen molar-refractivity contribution >= 4 is 11.8 Å². The molecule has 1 atom stereocenters. The molecule has 2 aromatic heterocycles. The molecular formula is C20H21FN4O4. The number of anilines is 1. The lowest BCUT2D eigenvalue weighted by atomic mass is 10.1. The normalized spacial score (nSPS) is 15.1. The second-order valence-electron chi connectivity index (χ2n) is 5.95. The summed E-state index contributed by atoms with van der Waals surface area (Å²) in [7, 11) is 0. The molecule has 3 heterocycles. The van der Waals surface area contributed by atoms with Gasteiger partial charge in [0.15, 0.2) is 17.3 Å². The molecule has 0 spiro atoms. The smallest absolute Gasteiger partial charge is 0.416 e. The fourth-order valence-corrected chi connectivity index (χ4v) is 2.82. The van der Waals surface area contributed by atoms with Crippen molar-refractivity contribution in [1.82, 2.24) is 14.9 Å². The Bertz CT molecular complexity index is 994. The number of nitrogen functional groups attached to an aromatic ring is 1. The minimum absolute atomic E-state index is 0.00651. The number of fused-ring (bicyclic) bond motifs is 1. The molecule has 0 aliphatic carbocycles. The van der Waals surface area contributed by atoms with Gasteiger partial charge in [-0.15, -0.1) is 0 Å². The van der Waals surface area contributed by atoms with Crippen LogP contribution >= 0.6 is 0 Å². The van der Waals surface area contributed by atoms with Crippen molar-refractivity contribution in [3.8, 4) is 17.6 Å². The summed E-state index contributed by atoms with van der Waals surface area (Å²) in [4.78, 5) is 22.0. The molecule has 0 saturated heterocycles. The van der Waals surface area contributed by atoms with Gasteiger partial charge in [0.1, 0.15) is 12.0 Å². The molecule has 2 N–H and O–H groups in total. The average molecular weight is 400 g/mol. The first-order valence-electron chi connectivity index (χ1n) is 9.11. The van der Waals surface area contributed by atoms with Gasteiger partial charge >= 0.3 is 12.2 Å². The Kier molecular flexibility index (Phi) is 5.96. The van der Waals surface area contributed by atoms with E-state index >= 15 is 0 Å². The van der Waals surface area contributed by atoms with E-state index < -0.39 is 18.0 Å². The summed E-state index contributed by atoms with van der Waals surface area (Å²) in [5.74, 6) is 0.0262. The quantitative estimate of drug-likeness (QED) is 0.634. The van der Waals surface area contributed by atoms with Crippen molar-refractivity contribution in [2.45, 2.75) is 33.4 Å². The number of pyridine rings is 1. The number of nitrogens with two attached hydrogens (primary N) is 1. The Labute approximate surface area is 167 Å². The molecular weight excluding hydrogens is 379 g/mol. The number of carbonyl (C=O) groups excluding carboxylic acids is 1. The summed E-state index contributed by atoms with van der Waals surface area (Å²) >= 11 is 0. The van der Waals surface area contributed by atoms with Crippen molar-refractivity contribution in [3.63, 3.8) is 0 Å². The zero-order valence-corrected chi connectivity index (χ0v) is 16.3. The Balaban J connectivity index is 0.00000117. The van der Waals surface area contributed by atoms with Crippen molar-refractivity contribution in [2.75, 3.05) is 5.73 Å². The standard InChI is InChI=1S/C18H15FN4O4.C2H6/c1-10-16-14(7-12(8-22-16)26-17-21-5-6-25-17)27-18(24)23(10)9-11-3-2-4-13(20)15(11)19;1-2/h2-8,10H,9,20H2,1H3;1-2H3/t10-;/m1./s1. The van der Waals surface area contributed by atoms with E-state index in [0.717, 1.165) is 0 Å². The first-order chi connectivity index (χ1) is 14.0. The number of rotatable bonds is 4. The average Bonchev–Trinajstić information content (AvgIpc) is 3.22.